The van der Waals surface area contributed by atoms with Gasteiger partial charge in [-0.05, 0) is 29.6 Å². The summed E-state index contributed by atoms with van der Waals surface area (Å²) in [6, 6.07) is 12.2. The second kappa shape index (κ2) is 11.0. The van der Waals surface area contributed by atoms with E-state index < -0.39 is 23.4 Å². The summed E-state index contributed by atoms with van der Waals surface area (Å²) in [6.45, 7) is 1.44. The van der Waals surface area contributed by atoms with Crippen molar-refractivity contribution in [2.24, 2.45) is 5.41 Å². The molecule has 0 saturated carbocycles. The minimum atomic E-state index is -1.24. The van der Waals surface area contributed by atoms with Gasteiger partial charge in [-0.3, -0.25) is 28.6 Å². The number of aromatic nitrogens is 3. The Morgan fingerprint density at radius 1 is 1.15 bits per heavy atom. The summed E-state index contributed by atoms with van der Waals surface area (Å²) in [4.78, 5) is 52.5. The summed E-state index contributed by atoms with van der Waals surface area (Å²) in [7, 11) is 0. The van der Waals surface area contributed by atoms with Crippen molar-refractivity contribution in [3.63, 3.8) is 0 Å². The first-order valence-corrected chi connectivity index (χ1v) is 15.0. The normalized spacial score (nSPS) is 22.2. The van der Waals surface area contributed by atoms with Gasteiger partial charge in [0.1, 0.15) is 22.7 Å². The molecule has 0 aliphatic carbocycles. The number of aryl methyl sites for hydroxylation is 1. The first kappa shape index (κ1) is 27.2. The molecule has 3 atom stereocenters. The summed E-state index contributed by atoms with van der Waals surface area (Å²) in [5, 5.41) is 30.5. The van der Waals surface area contributed by atoms with Crippen LogP contribution in [0.4, 0.5) is 5.00 Å². The van der Waals surface area contributed by atoms with E-state index in [0.29, 0.717) is 16.0 Å². The van der Waals surface area contributed by atoms with Crippen LogP contribution in [0, 0.1) is 5.41 Å². The molecule has 4 heterocycles. The van der Waals surface area contributed by atoms with Crippen LogP contribution >= 0.6 is 34.9 Å². The van der Waals surface area contributed by atoms with E-state index in [1.807, 2.05) is 41.8 Å². The predicted molar refractivity (Wildman–Crippen MR) is 147 cm³/mol. The number of fused-ring (bicyclic) bond motifs is 1. The Morgan fingerprint density at radius 3 is 2.56 bits per heavy atom. The molecular formula is C25H25N5O6S3. The minimum absolute atomic E-state index is 0.0177. The van der Waals surface area contributed by atoms with Crippen molar-refractivity contribution in [2.45, 2.75) is 36.3 Å². The minimum Gasteiger partial charge on any atom is -0.481 e. The maximum atomic E-state index is 13.2. The van der Waals surface area contributed by atoms with E-state index in [1.165, 1.54) is 46.7 Å². The van der Waals surface area contributed by atoms with Crippen LogP contribution in [0.2, 0.25) is 0 Å². The number of aliphatic carboxylic acids is 2. The molecule has 2 fully saturated rings. The summed E-state index contributed by atoms with van der Waals surface area (Å²) in [6.07, 6.45) is 0.0493. The number of carboxylic acid groups (broad SMARTS) is 2. The Balaban J connectivity index is 1.35. The number of anilines is 1. The molecule has 0 bridgehead atoms. The molecule has 1 aromatic carbocycles. The summed E-state index contributed by atoms with van der Waals surface area (Å²) in [5.74, 6) is -1.63. The van der Waals surface area contributed by atoms with Gasteiger partial charge in [0.15, 0.2) is 5.16 Å². The third kappa shape index (κ3) is 5.15. The third-order valence-electron chi connectivity index (χ3n) is 6.69. The molecule has 2 unspecified atom stereocenters. The number of carbonyl (C=O) groups excluding carboxylic acids is 2. The van der Waals surface area contributed by atoms with E-state index in [9.17, 15) is 24.3 Å². The van der Waals surface area contributed by atoms with E-state index in [0.717, 1.165) is 5.69 Å². The lowest BCUT2D eigenvalue weighted by atomic mass is 9.89. The zero-order valence-electron chi connectivity index (χ0n) is 20.8. The number of amides is 2. The van der Waals surface area contributed by atoms with Gasteiger partial charge in [-0.2, -0.15) is 0 Å². The van der Waals surface area contributed by atoms with Gasteiger partial charge in [0.25, 0.3) is 0 Å². The van der Waals surface area contributed by atoms with Gasteiger partial charge in [0, 0.05) is 37.1 Å². The number of benzene rings is 1. The lowest BCUT2D eigenvalue weighted by molar-refractivity contribution is -0.156. The Labute approximate surface area is 236 Å². The Hall–Kier alpha value is -3.36. The summed E-state index contributed by atoms with van der Waals surface area (Å²) < 4.78 is 1.75. The summed E-state index contributed by atoms with van der Waals surface area (Å²) in [5.41, 5.74) is -0.503. The zero-order valence-corrected chi connectivity index (χ0v) is 23.2. The van der Waals surface area contributed by atoms with Crippen molar-refractivity contribution in [2.75, 3.05) is 23.0 Å². The third-order valence-corrected chi connectivity index (χ3v) is 10.3. The second-order valence-corrected chi connectivity index (χ2v) is 12.3. The van der Waals surface area contributed by atoms with Crippen LogP contribution in [-0.2, 0) is 25.6 Å². The first-order chi connectivity index (χ1) is 18.7. The van der Waals surface area contributed by atoms with Crippen molar-refractivity contribution < 1.29 is 29.4 Å². The number of hydrogen-bond acceptors (Lipinski definition) is 9. The molecule has 2 N–H and O–H groups in total. The van der Waals surface area contributed by atoms with Gasteiger partial charge in [-0.15, -0.1) is 33.3 Å². The molecule has 39 heavy (non-hydrogen) atoms. The number of β-lactam (4-membered cyclic amide) rings is 1. The molecule has 0 radical (unpaired) electrons. The molecule has 2 aliphatic heterocycles. The highest BCUT2D eigenvalue weighted by atomic mass is 32.2. The maximum Gasteiger partial charge on any atom is 0.313 e. The highest BCUT2D eigenvalue weighted by Crippen LogP contribution is 2.47. The molecule has 2 aliphatic rings. The lowest BCUT2D eigenvalue weighted by Crippen LogP contribution is -2.74. The van der Waals surface area contributed by atoms with Crippen LogP contribution in [0.1, 0.15) is 19.2 Å². The largest absolute Gasteiger partial charge is 0.481 e. The Morgan fingerprint density at radius 2 is 1.92 bits per heavy atom. The Bertz CT molecular complexity index is 1400. The van der Waals surface area contributed by atoms with E-state index in [4.69, 9.17) is 5.11 Å². The molecule has 204 valence electrons. The number of thiophene rings is 1. The average Bonchev–Trinajstić information content (AvgIpc) is 3.59. The molecule has 2 aromatic heterocycles. The van der Waals surface area contributed by atoms with Gasteiger partial charge in [-0.25, -0.2) is 0 Å². The van der Waals surface area contributed by atoms with Crippen LogP contribution < -0.4 is 4.90 Å². The average molecular weight is 588 g/mol. The van der Waals surface area contributed by atoms with E-state index in [-0.39, 0.29) is 48.1 Å². The van der Waals surface area contributed by atoms with E-state index in [2.05, 4.69) is 10.2 Å². The van der Waals surface area contributed by atoms with E-state index >= 15 is 0 Å². The van der Waals surface area contributed by atoms with Crippen LogP contribution in [0.25, 0.3) is 5.69 Å². The summed E-state index contributed by atoms with van der Waals surface area (Å²) >= 11 is 3.96. The highest BCUT2D eigenvalue weighted by molar-refractivity contribution is 8.00. The van der Waals surface area contributed by atoms with Crippen molar-refractivity contribution in [1.82, 2.24) is 19.7 Å². The van der Waals surface area contributed by atoms with Crippen molar-refractivity contribution in [3.05, 3.63) is 53.7 Å². The van der Waals surface area contributed by atoms with E-state index in [1.54, 1.807) is 15.5 Å². The quantitative estimate of drug-likeness (QED) is 0.268. The molecule has 5 rings (SSSR count). The van der Waals surface area contributed by atoms with Crippen molar-refractivity contribution in [3.8, 4) is 5.69 Å². The predicted octanol–water partition coefficient (Wildman–Crippen LogP) is 2.85. The van der Waals surface area contributed by atoms with Gasteiger partial charge in [0.05, 0.1) is 11.4 Å². The van der Waals surface area contributed by atoms with Crippen molar-refractivity contribution in [1.29, 1.82) is 0 Å². The maximum absolute atomic E-state index is 13.2. The number of nitrogens with zero attached hydrogens (tertiary/aromatic N) is 5. The number of carbonyl (C=O) groups is 4. The number of para-hydroxylation sites is 1. The van der Waals surface area contributed by atoms with Gasteiger partial charge in [-0.1, -0.05) is 30.0 Å². The van der Waals surface area contributed by atoms with Crippen LogP contribution in [-0.4, -0.2) is 83.1 Å². The SMILES string of the molecule is CC(=O)N(c1cccs1)C1C(=O)N2CC(CSc3nnc(CCC(=O)O)n3-c3ccccc3)(C(=O)O)CS[C@H]12. The van der Waals surface area contributed by atoms with Gasteiger partial charge >= 0.3 is 11.9 Å². The molecule has 14 heteroatoms. The molecular weight excluding hydrogens is 563 g/mol. The van der Waals surface area contributed by atoms with Crippen molar-refractivity contribution >= 4 is 63.6 Å². The smallest absolute Gasteiger partial charge is 0.313 e. The number of thioether (sulfide) groups is 2. The van der Waals surface area contributed by atoms with Crippen LogP contribution in [0.15, 0.2) is 53.0 Å². The fourth-order valence-corrected chi connectivity index (χ4v) is 8.38. The van der Waals surface area contributed by atoms with Gasteiger partial charge < -0.3 is 15.1 Å². The zero-order chi connectivity index (χ0) is 27.7. The van der Waals surface area contributed by atoms with Crippen LogP contribution in [0.5, 0.6) is 0 Å². The van der Waals surface area contributed by atoms with Crippen LogP contribution in [0.3, 0.4) is 0 Å². The molecule has 3 aromatic rings. The fourth-order valence-electron chi connectivity index (χ4n) is 4.70. The molecule has 11 nitrogen and oxygen atoms in total. The standard InChI is InChI=1S/C25H25N5O6S3/c1-15(31)29(18-8-5-11-37-18)20-21(34)28-12-25(23(35)36,13-38-22(20)28)14-39-24-27-26-17(9-10-19(32)33)30(24)16-6-3-2-4-7-16/h2-8,11,20,22H,9-10,12-14H2,1H3,(H,32,33)(H,35,36)/t20?,22-,25?/m1/s1. The monoisotopic (exact) mass is 587 g/mol. The fraction of sp³-hybridized carbons (Fsp3) is 0.360. The first-order valence-electron chi connectivity index (χ1n) is 12.0. The molecule has 2 amide bonds. The Kier molecular flexibility index (Phi) is 7.69. The number of rotatable bonds is 10. The lowest BCUT2D eigenvalue weighted by Gasteiger charge is -2.55. The topological polar surface area (TPSA) is 146 Å². The number of hydrogen-bond donors (Lipinski definition) is 2. The second-order valence-electron chi connectivity index (χ2n) is 9.29. The molecule has 0 spiro atoms. The van der Waals surface area contributed by atoms with Gasteiger partial charge in [0.2, 0.25) is 11.8 Å². The highest BCUT2D eigenvalue weighted by Gasteiger charge is 2.59. The number of carboxylic acids is 2. The molecule has 2 saturated heterocycles.